The molecule has 0 saturated carbocycles. The summed E-state index contributed by atoms with van der Waals surface area (Å²) in [6.45, 7) is 5.73. The highest BCUT2D eigenvalue weighted by molar-refractivity contribution is 6.30. The van der Waals surface area contributed by atoms with E-state index >= 15 is 0 Å². The van der Waals surface area contributed by atoms with Gasteiger partial charge in [0.2, 0.25) is 5.91 Å². The smallest absolute Gasteiger partial charge is 0.251 e. The highest BCUT2D eigenvalue weighted by Crippen LogP contribution is 2.28. The van der Waals surface area contributed by atoms with E-state index in [0.29, 0.717) is 16.3 Å². The first-order valence-corrected chi connectivity index (χ1v) is 7.34. The fourth-order valence-corrected chi connectivity index (χ4v) is 2.20. The molecule has 0 fully saturated rings. The highest BCUT2D eigenvalue weighted by Gasteiger charge is 2.19. The molecule has 0 unspecified atom stereocenters. The van der Waals surface area contributed by atoms with Gasteiger partial charge in [-0.1, -0.05) is 11.6 Å². The van der Waals surface area contributed by atoms with Gasteiger partial charge in [0, 0.05) is 16.1 Å². The van der Waals surface area contributed by atoms with Gasteiger partial charge >= 0.3 is 0 Å². The van der Waals surface area contributed by atoms with Gasteiger partial charge in [-0.3, -0.25) is 9.59 Å². The molecule has 6 heteroatoms. The van der Waals surface area contributed by atoms with Gasteiger partial charge in [0.25, 0.3) is 5.91 Å². The molecular formula is C16H19ClN2O3. The number of fused-ring (bicyclic) bond motifs is 1. The number of carbonyl (C=O) groups excluding carboxylic acids is 2. The monoisotopic (exact) mass is 322 g/mol. The Labute approximate surface area is 134 Å². The molecule has 0 aromatic heterocycles. The standard InChI is InChI=1S/C16H19ClN2O3/c1-16(2,3)19-14(20)8-18-15(21)11-6-10-7-12(17)4-5-13(10)22-9-11/h4-7H,8-9H2,1-3H3,(H,18,21)(H,19,20). The second-order valence-electron chi connectivity index (χ2n) is 6.12. The van der Waals surface area contributed by atoms with Gasteiger partial charge < -0.3 is 15.4 Å². The Balaban J connectivity index is 1.98. The van der Waals surface area contributed by atoms with E-state index in [-0.39, 0.29) is 30.5 Å². The SMILES string of the molecule is CC(C)(C)NC(=O)CNC(=O)C1=Cc2cc(Cl)ccc2OC1. The van der Waals surface area contributed by atoms with E-state index in [1.165, 1.54) is 0 Å². The van der Waals surface area contributed by atoms with E-state index in [1.54, 1.807) is 24.3 Å². The lowest BCUT2D eigenvalue weighted by atomic mass is 10.1. The second-order valence-corrected chi connectivity index (χ2v) is 6.56. The summed E-state index contributed by atoms with van der Waals surface area (Å²) in [5.74, 6) is 0.128. The van der Waals surface area contributed by atoms with Crippen molar-refractivity contribution in [1.82, 2.24) is 10.6 Å². The zero-order valence-electron chi connectivity index (χ0n) is 12.8. The molecule has 1 aromatic carbocycles. The number of hydrogen-bond donors (Lipinski definition) is 2. The Kier molecular flexibility index (Phi) is 4.76. The van der Waals surface area contributed by atoms with Crippen molar-refractivity contribution in [3.8, 4) is 5.75 Å². The summed E-state index contributed by atoms with van der Waals surface area (Å²) in [5.41, 5.74) is 0.881. The van der Waals surface area contributed by atoms with Crippen molar-refractivity contribution in [3.05, 3.63) is 34.4 Å². The summed E-state index contributed by atoms with van der Waals surface area (Å²) in [7, 11) is 0. The summed E-state index contributed by atoms with van der Waals surface area (Å²) in [4.78, 5) is 23.8. The van der Waals surface area contributed by atoms with Crippen molar-refractivity contribution in [2.45, 2.75) is 26.3 Å². The minimum Gasteiger partial charge on any atom is -0.488 e. The highest BCUT2D eigenvalue weighted by atomic mass is 35.5. The van der Waals surface area contributed by atoms with Crippen LogP contribution in [-0.2, 0) is 9.59 Å². The van der Waals surface area contributed by atoms with Gasteiger partial charge in [-0.25, -0.2) is 0 Å². The largest absolute Gasteiger partial charge is 0.488 e. The molecule has 1 aliphatic rings. The quantitative estimate of drug-likeness (QED) is 0.896. The lowest BCUT2D eigenvalue weighted by Gasteiger charge is -2.21. The number of rotatable bonds is 3. The van der Waals surface area contributed by atoms with Crippen LogP contribution in [-0.4, -0.2) is 30.5 Å². The Hall–Kier alpha value is -2.01. The Morgan fingerprint density at radius 1 is 1.32 bits per heavy atom. The molecule has 1 aliphatic heterocycles. The van der Waals surface area contributed by atoms with Crippen LogP contribution in [0.3, 0.4) is 0 Å². The maximum absolute atomic E-state index is 12.1. The van der Waals surface area contributed by atoms with Crippen molar-refractivity contribution >= 4 is 29.5 Å². The molecule has 2 amide bonds. The van der Waals surface area contributed by atoms with Crippen LogP contribution in [0.5, 0.6) is 5.75 Å². The van der Waals surface area contributed by atoms with Crippen LogP contribution in [0.25, 0.3) is 6.08 Å². The maximum atomic E-state index is 12.1. The van der Waals surface area contributed by atoms with Crippen molar-refractivity contribution in [2.24, 2.45) is 0 Å². The average Bonchev–Trinajstić information content (AvgIpc) is 2.42. The maximum Gasteiger partial charge on any atom is 0.251 e. The van der Waals surface area contributed by atoms with E-state index in [4.69, 9.17) is 16.3 Å². The van der Waals surface area contributed by atoms with Crippen molar-refractivity contribution in [3.63, 3.8) is 0 Å². The molecule has 0 atom stereocenters. The van der Waals surface area contributed by atoms with Gasteiger partial charge in [0.15, 0.2) is 0 Å². The number of hydrogen-bond acceptors (Lipinski definition) is 3. The van der Waals surface area contributed by atoms with Crippen molar-refractivity contribution in [2.75, 3.05) is 13.2 Å². The first-order chi connectivity index (χ1) is 10.2. The van der Waals surface area contributed by atoms with E-state index in [1.807, 2.05) is 20.8 Å². The van der Waals surface area contributed by atoms with Gasteiger partial charge in [-0.2, -0.15) is 0 Å². The third-order valence-electron chi connectivity index (χ3n) is 2.90. The Morgan fingerprint density at radius 3 is 2.73 bits per heavy atom. The molecule has 0 bridgehead atoms. The molecule has 0 aliphatic carbocycles. The van der Waals surface area contributed by atoms with Crippen LogP contribution in [0.2, 0.25) is 5.02 Å². The van der Waals surface area contributed by atoms with Gasteiger partial charge in [-0.15, -0.1) is 0 Å². The lowest BCUT2D eigenvalue weighted by Crippen LogP contribution is -2.46. The zero-order valence-corrected chi connectivity index (χ0v) is 13.6. The van der Waals surface area contributed by atoms with E-state index in [9.17, 15) is 9.59 Å². The number of amides is 2. The Morgan fingerprint density at radius 2 is 2.05 bits per heavy atom. The first kappa shape index (κ1) is 16.4. The third kappa shape index (κ3) is 4.49. The number of nitrogens with one attached hydrogen (secondary N) is 2. The first-order valence-electron chi connectivity index (χ1n) is 6.97. The third-order valence-corrected chi connectivity index (χ3v) is 3.14. The molecule has 5 nitrogen and oxygen atoms in total. The van der Waals surface area contributed by atoms with Crippen molar-refractivity contribution < 1.29 is 14.3 Å². The van der Waals surface area contributed by atoms with Crippen LogP contribution in [0.4, 0.5) is 0 Å². The predicted molar refractivity (Wildman–Crippen MR) is 85.8 cm³/mol. The molecule has 1 aromatic rings. The fraction of sp³-hybridized carbons (Fsp3) is 0.375. The normalized spacial score (nSPS) is 13.5. The summed E-state index contributed by atoms with van der Waals surface area (Å²) < 4.78 is 5.51. The van der Waals surface area contributed by atoms with E-state index in [0.717, 1.165) is 5.56 Å². The predicted octanol–water partition coefficient (Wildman–Crippen LogP) is 2.15. The number of ether oxygens (including phenoxy) is 1. The van der Waals surface area contributed by atoms with Crippen LogP contribution < -0.4 is 15.4 Å². The topological polar surface area (TPSA) is 67.4 Å². The summed E-state index contributed by atoms with van der Waals surface area (Å²) in [6.07, 6.45) is 1.72. The van der Waals surface area contributed by atoms with Crippen LogP contribution in [0.1, 0.15) is 26.3 Å². The minimum absolute atomic E-state index is 0.0736. The number of benzene rings is 1. The second kappa shape index (κ2) is 6.40. The summed E-state index contributed by atoms with van der Waals surface area (Å²) >= 11 is 5.93. The molecule has 0 radical (unpaired) electrons. The molecule has 0 saturated heterocycles. The fourth-order valence-electron chi connectivity index (χ4n) is 2.02. The van der Waals surface area contributed by atoms with E-state index in [2.05, 4.69) is 10.6 Å². The minimum atomic E-state index is -0.329. The van der Waals surface area contributed by atoms with Gasteiger partial charge in [-0.05, 0) is 45.0 Å². The number of halogens is 1. The summed E-state index contributed by atoms with van der Waals surface area (Å²) in [6, 6.07) is 5.23. The van der Waals surface area contributed by atoms with Crippen LogP contribution in [0, 0.1) is 0 Å². The molecule has 1 heterocycles. The van der Waals surface area contributed by atoms with Gasteiger partial charge in [0.05, 0.1) is 12.1 Å². The molecule has 2 N–H and O–H groups in total. The number of carbonyl (C=O) groups is 2. The lowest BCUT2D eigenvalue weighted by molar-refractivity contribution is -0.125. The summed E-state index contributed by atoms with van der Waals surface area (Å²) in [5, 5.41) is 5.94. The average molecular weight is 323 g/mol. The molecule has 0 spiro atoms. The molecule has 2 rings (SSSR count). The molecular weight excluding hydrogens is 304 g/mol. The molecule has 118 valence electrons. The zero-order chi connectivity index (χ0) is 16.3. The van der Waals surface area contributed by atoms with Gasteiger partial charge in [0.1, 0.15) is 12.4 Å². The Bertz CT molecular complexity index is 633. The van der Waals surface area contributed by atoms with Crippen molar-refractivity contribution in [1.29, 1.82) is 0 Å². The molecule has 22 heavy (non-hydrogen) atoms. The van der Waals surface area contributed by atoms with Crippen LogP contribution >= 0.6 is 11.6 Å². The van der Waals surface area contributed by atoms with Crippen LogP contribution in [0.15, 0.2) is 23.8 Å². The van der Waals surface area contributed by atoms with E-state index < -0.39 is 0 Å².